The molecule has 1 amide bonds. The van der Waals surface area contributed by atoms with E-state index in [1.807, 2.05) is 18.2 Å². The molecule has 0 spiro atoms. The van der Waals surface area contributed by atoms with Gasteiger partial charge in [-0.15, -0.1) is 0 Å². The molecule has 4 N–H and O–H groups in total. The number of pyridine rings is 1. The van der Waals surface area contributed by atoms with Crippen LogP contribution in [-0.2, 0) is 4.79 Å². The minimum absolute atomic E-state index is 0.159. The Bertz CT molecular complexity index is 947. The molecule has 0 fully saturated rings. The van der Waals surface area contributed by atoms with E-state index in [1.165, 1.54) is 0 Å². The predicted octanol–water partition coefficient (Wildman–Crippen LogP) is 4.12. The Morgan fingerprint density at radius 2 is 2.04 bits per heavy atom. The van der Waals surface area contributed by atoms with Gasteiger partial charge < -0.3 is 15.8 Å². The summed E-state index contributed by atoms with van der Waals surface area (Å²) in [7, 11) is 1.59. The lowest BCUT2D eigenvalue weighted by molar-refractivity contribution is -0.105. The summed E-state index contributed by atoms with van der Waals surface area (Å²) in [4.78, 5) is 15.2. The molecule has 0 unspecified atom stereocenters. The van der Waals surface area contributed by atoms with Crippen LogP contribution in [0.4, 0.5) is 5.69 Å². The molecule has 2 aromatic rings. The highest BCUT2D eigenvalue weighted by Crippen LogP contribution is 2.38. The van der Waals surface area contributed by atoms with Crippen LogP contribution in [0.15, 0.2) is 47.9 Å². The van der Waals surface area contributed by atoms with E-state index in [0.29, 0.717) is 29.1 Å². The highest BCUT2D eigenvalue weighted by atomic mass is 16.5. The van der Waals surface area contributed by atoms with Crippen LogP contribution in [0, 0.1) is 10.8 Å². The van der Waals surface area contributed by atoms with E-state index in [2.05, 4.69) is 24.1 Å². The van der Waals surface area contributed by atoms with Gasteiger partial charge >= 0.3 is 0 Å². The van der Waals surface area contributed by atoms with Gasteiger partial charge in [0.1, 0.15) is 5.75 Å². The van der Waals surface area contributed by atoms with Crippen molar-refractivity contribution in [2.75, 3.05) is 12.4 Å². The third-order valence-electron chi connectivity index (χ3n) is 5.14. The highest BCUT2D eigenvalue weighted by molar-refractivity contribution is 6.12. The Morgan fingerprint density at radius 1 is 1.25 bits per heavy atom. The fraction of sp³-hybridized carbons (Fsp3) is 0.318. The Balaban J connectivity index is 2.04. The number of hydrogen-bond acceptors (Lipinski definition) is 5. The summed E-state index contributed by atoms with van der Waals surface area (Å²) >= 11 is 0. The maximum absolute atomic E-state index is 11.0. The lowest BCUT2D eigenvalue weighted by Gasteiger charge is -2.32. The standard InChI is InChI=1S/C22H26N4O2/c1-22(2)5-4-19(20(23)10-22)21(24)15-6-14(7-17(8-15)26-13-27)16-9-18(28-3)12-25-11-16/h6-9,11-13,24H,4-5,10,23H2,1-3H3,(H,26,27). The summed E-state index contributed by atoms with van der Waals surface area (Å²) in [5, 5.41) is 11.4. The Hall–Kier alpha value is -3.15. The summed E-state index contributed by atoms with van der Waals surface area (Å²) in [5.74, 6) is 0.643. The summed E-state index contributed by atoms with van der Waals surface area (Å²) in [6.07, 6.45) is 6.54. The van der Waals surface area contributed by atoms with E-state index in [0.717, 1.165) is 41.7 Å². The first kappa shape index (κ1) is 19.6. The molecular formula is C22H26N4O2. The molecule has 146 valence electrons. The number of anilines is 1. The van der Waals surface area contributed by atoms with Gasteiger partial charge in [-0.3, -0.25) is 15.2 Å². The summed E-state index contributed by atoms with van der Waals surface area (Å²) in [6.45, 7) is 4.39. The molecule has 0 saturated carbocycles. The molecule has 1 heterocycles. The first-order valence-electron chi connectivity index (χ1n) is 9.24. The van der Waals surface area contributed by atoms with Crippen molar-refractivity contribution in [1.29, 1.82) is 5.41 Å². The molecule has 0 atom stereocenters. The number of carbonyl (C=O) groups is 1. The summed E-state index contributed by atoms with van der Waals surface area (Å²) in [5.41, 5.74) is 11.6. The molecule has 0 bridgehead atoms. The van der Waals surface area contributed by atoms with E-state index in [4.69, 9.17) is 15.9 Å². The Morgan fingerprint density at radius 3 is 2.71 bits per heavy atom. The van der Waals surface area contributed by atoms with Gasteiger partial charge in [0.25, 0.3) is 0 Å². The van der Waals surface area contributed by atoms with Gasteiger partial charge in [-0.05, 0) is 60.1 Å². The molecule has 28 heavy (non-hydrogen) atoms. The van der Waals surface area contributed by atoms with Crippen LogP contribution >= 0.6 is 0 Å². The van der Waals surface area contributed by atoms with Crippen LogP contribution in [-0.4, -0.2) is 24.2 Å². The quantitative estimate of drug-likeness (QED) is 0.520. The number of rotatable bonds is 6. The molecule has 1 aliphatic carbocycles. The average molecular weight is 378 g/mol. The molecular weight excluding hydrogens is 352 g/mol. The van der Waals surface area contributed by atoms with Crippen LogP contribution < -0.4 is 15.8 Å². The van der Waals surface area contributed by atoms with Crippen molar-refractivity contribution >= 4 is 17.8 Å². The van der Waals surface area contributed by atoms with Crippen molar-refractivity contribution in [1.82, 2.24) is 4.98 Å². The second-order valence-electron chi connectivity index (χ2n) is 7.89. The third kappa shape index (κ3) is 4.22. The number of amides is 1. The number of aromatic nitrogens is 1. The van der Waals surface area contributed by atoms with Gasteiger partial charge in [-0.1, -0.05) is 13.8 Å². The lowest BCUT2D eigenvalue weighted by Crippen LogP contribution is -2.25. The first-order chi connectivity index (χ1) is 13.3. The molecule has 0 radical (unpaired) electrons. The topological polar surface area (TPSA) is 101 Å². The van der Waals surface area contributed by atoms with Gasteiger partial charge in [0, 0.05) is 28.7 Å². The van der Waals surface area contributed by atoms with E-state index >= 15 is 0 Å². The minimum atomic E-state index is 0.159. The van der Waals surface area contributed by atoms with Crippen molar-refractivity contribution in [2.45, 2.75) is 33.1 Å². The van der Waals surface area contributed by atoms with Crippen molar-refractivity contribution < 1.29 is 9.53 Å². The van der Waals surface area contributed by atoms with Crippen molar-refractivity contribution in [3.63, 3.8) is 0 Å². The lowest BCUT2D eigenvalue weighted by atomic mass is 9.75. The molecule has 0 aliphatic heterocycles. The van der Waals surface area contributed by atoms with Gasteiger partial charge in [-0.25, -0.2) is 0 Å². The first-order valence-corrected chi connectivity index (χ1v) is 9.24. The molecule has 6 heteroatoms. The SMILES string of the molecule is COc1cncc(-c2cc(NC=O)cc(C(=N)C3=C(N)CC(C)(C)CC3)c2)c1. The predicted molar refractivity (Wildman–Crippen MR) is 112 cm³/mol. The number of nitrogens with two attached hydrogens (primary N) is 1. The second kappa shape index (κ2) is 7.84. The second-order valence-corrected chi connectivity index (χ2v) is 7.89. The highest BCUT2D eigenvalue weighted by Gasteiger charge is 2.28. The molecule has 1 aliphatic rings. The van der Waals surface area contributed by atoms with Crippen molar-refractivity contribution in [3.05, 3.63) is 53.5 Å². The van der Waals surface area contributed by atoms with Crippen molar-refractivity contribution in [2.24, 2.45) is 11.1 Å². The fourth-order valence-electron chi connectivity index (χ4n) is 3.57. The number of nitrogens with one attached hydrogen (secondary N) is 2. The molecule has 0 saturated heterocycles. The normalized spacial score (nSPS) is 15.8. The molecule has 6 nitrogen and oxygen atoms in total. The number of allylic oxidation sites excluding steroid dienone is 2. The smallest absolute Gasteiger partial charge is 0.211 e. The molecule has 3 rings (SSSR count). The van der Waals surface area contributed by atoms with E-state index < -0.39 is 0 Å². The maximum Gasteiger partial charge on any atom is 0.211 e. The van der Waals surface area contributed by atoms with Crippen LogP contribution in [0.3, 0.4) is 0 Å². The molecule has 1 aromatic heterocycles. The molecule has 1 aromatic carbocycles. The van der Waals surface area contributed by atoms with E-state index in [9.17, 15) is 4.79 Å². The van der Waals surface area contributed by atoms with E-state index in [-0.39, 0.29) is 5.41 Å². The summed E-state index contributed by atoms with van der Waals surface area (Å²) < 4.78 is 5.26. The van der Waals surface area contributed by atoms with Gasteiger partial charge in [0.05, 0.1) is 19.0 Å². The average Bonchev–Trinajstić information content (AvgIpc) is 2.67. The largest absolute Gasteiger partial charge is 0.495 e. The van der Waals surface area contributed by atoms with E-state index in [1.54, 1.807) is 25.6 Å². The number of benzene rings is 1. The number of ether oxygens (including phenoxy) is 1. The van der Waals surface area contributed by atoms with Crippen LogP contribution in [0.25, 0.3) is 11.1 Å². The third-order valence-corrected chi connectivity index (χ3v) is 5.14. The Labute approximate surface area is 165 Å². The fourth-order valence-corrected chi connectivity index (χ4v) is 3.57. The van der Waals surface area contributed by atoms with Crippen LogP contribution in [0.5, 0.6) is 5.75 Å². The van der Waals surface area contributed by atoms with Crippen molar-refractivity contribution in [3.8, 4) is 16.9 Å². The van der Waals surface area contributed by atoms with Crippen LogP contribution in [0.2, 0.25) is 0 Å². The van der Waals surface area contributed by atoms with Gasteiger partial charge in [-0.2, -0.15) is 0 Å². The zero-order valence-electron chi connectivity index (χ0n) is 16.5. The maximum atomic E-state index is 11.0. The number of carbonyl (C=O) groups excluding carboxylic acids is 1. The minimum Gasteiger partial charge on any atom is -0.495 e. The number of hydrogen-bond donors (Lipinski definition) is 3. The zero-order valence-corrected chi connectivity index (χ0v) is 16.5. The number of methoxy groups -OCH3 is 1. The number of nitrogens with zero attached hydrogens (tertiary/aromatic N) is 1. The van der Waals surface area contributed by atoms with Crippen LogP contribution in [0.1, 0.15) is 38.7 Å². The Kier molecular flexibility index (Phi) is 5.49. The summed E-state index contributed by atoms with van der Waals surface area (Å²) in [6, 6.07) is 7.45. The van der Waals surface area contributed by atoms with Gasteiger partial charge in [0.2, 0.25) is 6.41 Å². The zero-order chi connectivity index (χ0) is 20.3. The van der Waals surface area contributed by atoms with Gasteiger partial charge in [0.15, 0.2) is 0 Å². The monoisotopic (exact) mass is 378 g/mol.